The summed E-state index contributed by atoms with van der Waals surface area (Å²) in [5.41, 5.74) is 4.79. The quantitative estimate of drug-likeness (QED) is 0.106. The van der Waals surface area contributed by atoms with Gasteiger partial charge in [0.25, 0.3) is 5.91 Å². The highest BCUT2D eigenvalue weighted by atomic mass is 31.2. The number of alkyl halides is 3. The molecule has 0 aromatic heterocycles. The minimum Gasteiger partial charge on any atom is -0.478 e. The van der Waals surface area contributed by atoms with E-state index in [1.165, 1.54) is 24.3 Å². The third kappa shape index (κ3) is 9.93. The van der Waals surface area contributed by atoms with Gasteiger partial charge in [-0.2, -0.15) is 13.2 Å². The molecule has 2 aliphatic rings. The number of anilines is 1. The molecule has 1 heterocycles. The number of fused-ring (bicyclic) bond motifs is 1. The van der Waals surface area contributed by atoms with Gasteiger partial charge in [0.15, 0.2) is 0 Å². The Morgan fingerprint density at radius 3 is 2.30 bits per heavy atom. The summed E-state index contributed by atoms with van der Waals surface area (Å²) in [6, 6.07) is 15.5. The number of para-hydroxylation sites is 1. The number of benzodiazepines with no additional fused rings is 1. The van der Waals surface area contributed by atoms with Gasteiger partial charge in [0.2, 0.25) is 18.0 Å². The zero-order valence-corrected chi connectivity index (χ0v) is 28.7. The first-order chi connectivity index (χ1) is 24.9. The van der Waals surface area contributed by atoms with E-state index in [1.54, 1.807) is 30.3 Å². The predicted octanol–water partition coefficient (Wildman–Crippen LogP) is 4.82. The highest BCUT2D eigenvalue weighted by molar-refractivity contribution is 7.46. The number of amides is 3. The zero-order valence-electron chi connectivity index (χ0n) is 27.8. The van der Waals surface area contributed by atoms with Crippen molar-refractivity contribution in [1.82, 2.24) is 5.32 Å². The number of hydrogen-bond donors (Lipinski definition) is 5. The predicted molar refractivity (Wildman–Crippen MR) is 181 cm³/mol. The molecule has 5 rings (SSSR count). The number of carbonyl (C=O) groups excluding carboxylic acids is 3. The molecule has 18 heteroatoms. The third-order valence-corrected chi connectivity index (χ3v) is 9.48. The number of carboxylic acids is 1. The van der Waals surface area contributed by atoms with E-state index >= 15 is 4.39 Å². The van der Waals surface area contributed by atoms with Crippen molar-refractivity contribution in [1.29, 1.82) is 0 Å². The second-order valence-corrected chi connectivity index (χ2v) is 14.0. The van der Waals surface area contributed by atoms with E-state index in [0.29, 0.717) is 18.4 Å². The van der Waals surface area contributed by atoms with Crippen molar-refractivity contribution in [2.24, 2.45) is 28.5 Å². The van der Waals surface area contributed by atoms with Crippen LogP contribution in [0.15, 0.2) is 71.7 Å². The van der Waals surface area contributed by atoms with Crippen molar-refractivity contribution < 1.29 is 60.7 Å². The number of primary amides is 1. The van der Waals surface area contributed by atoms with Gasteiger partial charge in [-0.1, -0.05) is 67.4 Å². The van der Waals surface area contributed by atoms with E-state index in [1.807, 2.05) is 0 Å². The van der Waals surface area contributed by atoms with Crippen LogP contribution in [0, 0.1) is 23.6 Å². The Bertz CT molecular complexity index is 1970. The minimum absolute atomic E-state index is 0.0134. The highest BCUT2D eigenvalue weighted by Crippen LogP contribution is 2.40. The van der Waals surface area contributed by atoms with Gasteiger partial charge in [0.05, 0.1) is 30.1 Å². The monoisotopic (exact) mass is 762 g/mol. The van der Waals surface area contributed by atoms with Gasteiger partial charge in [-0.25, -0.2) is 18.7 Å². The highest BCUT2D eigenvalue weighted by Gasteiger charge is 2.42. The fraction of sp³-hybridized carbons (Fsp3) is 0.343. The number of benzene rings is 3. The lowest BCUT2D eigenvalue weighted by atomic mass is 9.83. The molecule has 1 aliphatic carbocycles. The zero-order chi connectivity index (χ0) is 38.7. The summed E-state index contributed by atoms with van der Waals surface area (Å²) in [5.74, 6) is -8.74. The van der Waals surface area contributed by atoms with Crippen LogP contribution in [0.1, 0.15) is 64.7 Å². The number of aromatic carboxylic acids is 1. The first-order valence-electron chi connectivity index (χ1n) is 16.4. The molecule has 13 nitrogen and oxygen atoms in total. The fourth-order valence-corrected chi connectivity index (χ4v) is 6.61. The lowest BCUT2D eigenvalue weighted by Crippen LogP contribution is -2.51. The molecular weight excluding hydrogens is 727 g/mol. The molecule has 3 aromatic rings. The lowest BCUT2D eigenvalue weighted by molar-refractivity contribution is -0.146. The van der Waals surface area contributed by atoms with Crippen LogP contribution >= 0.6 is 7.82 Å². The minimum atomic E-state index is -5.08. The molecule has 3 aromatic carbocycles. The molecule has 0 saturated heterocycles. The molecule has 282 valence electrons. The number of rotatable bonds is 15. The van der Waals surface area contributed by atoms with Crippen LogP contribution in [0.5, 0.6) is 0 Å². The van der Waals surface area contributed by atoms with E-state index in [4.69, 9.17) is 5.73 Å². The van der Waals surface area contributed by atoms with Gasteiger partial charge in [-0.05, 0) is 42.0 Å². The van der Waals surface area contributed by atoms with Gasteiger partial charge in [0.1, 0.15) is 5.82 Å². The summed E-state index contributed by atoms with van der Waals surface area (Å²) in [5, 5.41) is 12.4. The number of hydrogen-bond acceptors (Lipinski definition) is 7. The maximum Gasteiger partial charge on any atom is 0.469 e. The summed E-state index contributed by atoms with van der Waals surface area (Å²) in [6.07, 6.45) is -7.49. The summed E-state index contributed by atoms with van der Waals surface area (Å²) >= 11 is 0. The molecule has 3 atom stereocenters. The number of aliphatic imine (C=N–C) groups is 1. The second kappa shape index (κ2) is 16.0. The van der Waals surface area contributed by atoms with Gasteiger partial charge < -0.3 is 30.8 Å². The number of nitrogens with zero attached hydrogens (tertiary/aromatic N) is 2. The van der Waals surface area contributed by atoms with Crippen LogP contribution in [0.25, 0.3) is 0 Å². The Kier molecular flexibility index (Phi) is 11.8. The maximum atomic E-state index is 16.0. The Hall–Kier alpha value is -4.96. The average Bonchev–Trinajstić information content (AvgIpc) is 3.92. The molecule has 1 saturated carbocycles. The van der Waals surface area contributed by atoms with Gasteiger partial charge >= 0.3 is 20.0 Å². The van der Waals surface area contributed by atoms with Crippen molar-refractivity contribution >= 4 is 42.9 Å². The lowest BCUT2D eigenvalue weighted by Gasteiger charge is -2.29. The van der Waals surface area contributed by atoms with E-state index in [9.17, 15) is 51.8 Å². The Labute approximate surface area is 300 Å². The molecule has 0 bridgehead atoms. The maximum absolute atomic E-state index is 16.0. The van der Waals surface area contributed by atoms with Gasteiger partial charge in [0, 0.05) is 29.4 Å². The third-order valence-electron chi connectivity index (χ3n) is 9.02. The van der Waals surface area contributed by atoms with Crippen molar-refractivity contribution in [3.8, 4) is 0 Å². The second-order valence-electron chi connectivity index (χ2n) is 12.8. The van der Waals surface area contributed by atoms with Crippen molar-refractivity contribution in [2.45, 2.75) is 57.6 Å². The normalized spacial score (nSPS) is 17.3. The van der Waals surface area contributed by atoms with Crippen LogP contribution < -0.4 is 16.0 Å². The molecule has 1 fully saturated rings. The van der Waals surface area contributed by atoms with E-state index < -0.39 is 98.8 Å². The fourth-order valence-electron chi connectivity index (χ4n) is 6.31. The first-order valence-corrected chi connectivity index (χ1v) is 17.9. The number of nitrogens with one attached hydrogen (secondary N) is 1. The summed E-state index contributed by atoms with van der Waals surface area (Å²) in [7, 11) is -5.08. The summed E-state index contributed by atoms with van der Waals surface area (Å²) < 4.78 is 72.6. The summed E-state index contributed by atoms with van der Waals surface area (Å²) in [4.78, 5) is 77.5. The first kappa shape index (κ1) is 39.3. The van der Waals surface area contributed by atoms with E-state index in [2.05, 4.69) is 14.8 Å². The number of nitrogens with two attached hydrogens (primary N) is 1. The molecule has 53 heavy (non-hydrogen) atoms. The molecule has 3 amide bonds. The standard InChI is InChI=1S/C35H35F4N4O9P/c36-27-11-5-10-24-28(20-6-2-1-3-7-20)41-31(42-32(45)22(14-15-35(37,38)39)25(30(40)44)16-19-12-13-19)33(46)43(29(24)27)17-26-21(18-52-53(49,50)51)8-4-9-23(26)34(47)48/h1-11,19,22,25,31H,12-18H2,(H2,40,44)(H,42,45)(H,47,48)(H2,49,50,51)/t22-,25?,31-/m1/s1. The molecule has 1 aliphatic heterocycles. The van der Waals surface area contributed by atoms with Gasteiger partial charge in [-0.15, -0.1) is 0 Å². The van der Waals surface area contributed by atoms with Crippen LogP contribution in [-0.4, -0.2) is 56.6 Å². The van der Waals surface area contributed by atoms with Crippen LogP contribution in [0.3, 0.4) is 0 Å². The molecule has 0 spiro atoms. The van der Waals surface area contributed by atoms with Crippen LogP contribution in [-0.2, 0) is 36.6 Å². The molecular formula is C35H35F4N4O9P. The van der Waals surface area contributed by atoms with Crippen LogP contribution in [0.4, 0.5) is 23.2 Å². The van der Waals surface area contributed by atoms with Crippen molar-refractivity contribution in [2.75, 3.05) is 4.90 Å². The van der Waals surface area contributed by atoms with E-state index in [-0.39, 0.29) is 34.7 Å². The van der Waals surface area contributed by atoms with Crippen molar-refractivity contribution in [3.05, 3.63) is 100 Å². The average molecular weight is 763 g/mol. The SMILES string of the molecule is NC(=O)C(CC1CC1)[C@@H](CCC(F)(F)F)C(=O)N[C@H]1N=C(c2ccccc2)c2cccc(F)c2N(Cc2c(COP(=O)(O)O)cccc2C(=O)O)C1=O. The number of carboxylic acid groups (broad SMARTS) is 1. The Balaban J connectivity index is 1.64. The van der Waals surface area contributed by atoms with Gasteiger partial charge in [-0.3, -0.25) is 18.9 Å². The molecule has 1 unspecified atom stereocenters. The Morgan fingerprint density at radius 1 is 1.02 bits per heavy atom. The number of carbonyl (C=O) groups is 4. The smallest absolute Gasteiger partial charge is 0.469 e. The molecule has 0 radical (unpaired) electrons. The Morgan fingerprint density at radius 2 is 1.70 bits per heavy atom. The number of phosphoric ester groups is 1. The molecule has 6 N–H and O–H groups in total. The van der Waals surface area contributed by atoms with Crippen LogP contribution in [0.2, 0.25) is 0 Å². The summed E-state index contributed by atoms with van der Waals surface area (Å²) in [6.45, 7) is -1.59. The topological polar surface area (TPSA) is 209 Å². The number of phosphoric acid groups is 1. The number of halogens is 4. The van der Waals surface area contributed by atoms with Crippen molar-refractivity contribution in [3.63, 3.8) is 0 Å². The van der Waals surface area contributed by atoms with E-state index in [0.717, 1.165) is 17.0 Å². The largest absolute Gasteiger partial charge is 0.478 e.